The van der Waals surface area contributed by atoms with Gasteiger partial charge in [-0.2, -0.15) is 0 Å². The zero-order valence-electron chi connectivity index (χ0n) is 18.9. The number of amides is 1. The third-order valence-corrected chi connectivity index (χ3v) is 5.98. The zero-order valence-corrected chi connectivity index (χ0v) is 18.9. The molecule has 0 bridgehead atoms. The molecule has 3 aromatic rings. The summed E-state index contributed by atoms with van der Waals surface area (Å²) in [5.41, 5.74) is 11.1. The van der Waals surface area contributed by atoms with Gasteiger partial charge in [0.15, 0.2) is 0 Å². The van der Waals surface area contributed by atoms with Crippen LogP contribution in [-0.2, 0) is 4.79 Å². The lowest BCUT2D eigenvalue weighted by Gasteiger charge is -2.33. The quantitative estimate of drug-likeness (QED) is 0.478. The molecule has 0 spiro atoms. The SMILES string of the molecule is NCCN1C(=O)/C(=C/c2ccc(C#Cc3ccc(N4CCC4)cc3)cc2)N=C1c1ccccc1. The normalized spacial score (nSPS) is 16.2. The third-order valence-electron chi connectivity index (χ3n) is 5.98. The van der Waals surface area contributed by atoms with Gasteiger partial charge in [-0.05, 0) is 54.5 Å². The molecule has 168 valence electrons. The van der Waals surface area contributed by atoms with Crippen LogP contribution < -0.4 is 10.6 Å². The molecule has 0 aliphatic carbocycles. The van der Waals surface area contributed by atoms with E-state index in [0.717, 1.165) is 35.3 Å². The molecule has 2 heterocycles. The van der Waals surface area contributed by atoms with E-state index >= 15 is 0 Å². The van der Waals surface area contributed by atoms with Crippen LogP contribution in [0.3, 0.4) is 0 Å². The van der Waals surface area contributed by atoms with E-state index in [0.29, 0.717) is 24.6 Å². The van der Waals surface area contributed by atoms with E-state index in [4.69, 9.17) is 5.73 Å². The summed E-state index contributed by atoms with van der Waals surface area (Å²) in [7, 11) is 0. The molecule has 2 N–H and O–H groups in total. The van der Waals surface area contributed by atoms with Gasteiger partial charge >= 0.3 is 0 Å². The molecule has 0 radical (unpaired) electrons. The van der Waals surface area contributed by atoms with Gasteiger partial charge in [-0.25, -0.2) is 4.99 Å². The number of aliphatic imine (C=N–C) groups is 1. The Hall–Kier alpha value is -4.14. The Morgan fingerprint density at radius 3 is 2.12 bits per heavy atom. The van der Waals surface area contributed by atoms with Crippen molar-refractivity contribution < 1.29 is 4.79 Å². The van der Waals surface area contributed by atoms with Crippen molar-refractivity contribution in [3.05, 3.63) is 107 Å². The van der Waals surface area contributed by atoms with Crippen LogP contribution in [0.15, 0.2) is 89.6 Å². The molecule has 5 nitrogen and oxygen atoms in total. The summed E-state index contributed by atoms with van der Waals surface area (Å²) in [4.78, 5) is 21.6. The number of nitrogens with two attached hydrogens (primary N) is 1. The molecule has 1 amide bonds. The summed E-state index contributed by atoms with van der Waals surface area (Å²) in [6, 6.07) is 26.0. The molecule has 0 saturated carbocycles. The molecule has 0 aromatic heterocycles. The summed E-state index contributed by atoms with van der Waals surface area (Å²) in [5, 5.41) is 0. The molecule has 0 unspecified atom stereocenters. The van der Waals surface area contributed by atoms with Crippen LogP contribution in [0.5, 0.6) is 0 Å². The first kappa shape index (κ1) is 21.7. The van der Waals surface area contributed by atoms with Crippen LogP contribution >= 0.6 is 0 Å². The monoisotopic (exact) mass is 446 g/mol. The van der Waals surface area contributed by atoms with Gasteiger partial charge in [0.05, 0.1) is 0 Å². The van der Waals surface area contributed by atoms with Crippen molar-refractivity contribution in [2.75, 3.05) is 31.1 Å². The molecule has 1 saturated heterocycles. The standard InChI is InChI=1S/C29H26N4O/c30-17-20-33-28(25-5-2-1-3-6-25)31-27(29(33)34)21-24-11-9-22(10-12-24)7-8-23-13-15-26(16-14-23)32-18-4-19-32/h1-3,5-6,9-16,21H,4,17-20,30H2/b27-21-. The number of amidine groups is 1. The van der Waals surface area contributed by atoms with Crippen LogP contribution in [0.4, 0.5) is 5.69 Å². The predicted molar refractivity (Wildman–Crippen MR) is 137 cm³/mol. The van der Waals surface area contributed by atoms with Crippen molar-refractivity contribution in [1.29, 1.82) is 0 Å². The summed E-state index contributed by atoms with van der Waals surface area (Å²) < 4.78 is 0. The fraction of sp³-hybridized carbons (Fsp3) is 0.172. The fourth-order valence-electron chi connectivity index (χ4n) is 3.99. The molecular weight excluding hydrogens is 420 g/mol. The first-order chi connectivity index (χ1) is 16.7. The van der Waals surface area contributed by atoms with E-state index in [9.17, 15) is 4.79 Å². The molecule has 3 aromatic carbocycles. The smallest absolute Gasteiger partial charge is 0.278 e. The van der Waals surface area contributed by atoms with Gasteiger partial charge in [-0.1, -0.05) is 54.3 Å². The molecule has 34 heavy (non-hydrogen) atoms. The second-order valence-electron chi connectivity index (χ2n) is 8.34. The van der Waals surface area contributed by atoms with Gasteiger partial charge in [-0.15, -0.1) is 0 Å². The van der Waals surface area contributed by atoms with E-state index in [-0.39, 0.29) is 5.91 Å². The Labute approximate surface area is 200 Å². The minimum absolute atomic E-state index is 0.130. The second kappa shape index (κ2) is 9.78. The summed E-state index contributed by atoms with van der Waals surface area (Å²) in [6.45, 7) is 3.09. The first-order valence-corrected chi connectivity index (χ1v) is 11.6. The van der Waals surface area contributed by atoms with Crippen molar-refractivity contribution in [2.24, 2.45) is 10.7 Å². The maximum atomic E-state index is 13.0. The number of rotatable bonds is 5. The molecule has 0 atom stereocenters. The predicted octanol–water partition coefficient (Wildman–Crippen LogP) is 3.89. The molecule has 1 fully saturated rings. The van der Waals surface area contributed by atoms with Gasteiger partial charge in [0.2, 0.25) is 0 Å². The Morgan fingerprint density at radius 2 is 1.53 bits per heavy atom. The number of hydrogen-bond acceptors (Lipinski definition) is 4. The van der Waals surface area contributed by atoms with E-state index in [2.05, 4.69) is 46.0 Å². The highest BCUT2D eigenvalue weighted by atomic mass is 16.2. The first-order valence-electron chi connectivity index (χ1n) is 11.6. The molecule has 5 rings (SSSR count). The topological polar surface area (TPSA) is 61.9 Å². The Morgan fingerprint density at radius 1 is 0.882 bits per heavy atom. The molecule has 2 aliphatic heterocycles. The van der Waals surface area contributed by atoms with Crippen molar-refractivity contribution in [1.82, 2.24) is 4.90 Å². The lowest BCUT2D eigenvalue weighted by atomic mass is 10.1. The lowest BCUT2D eigenvalue weighted by Crippen LogP contribution is -2.36. The minimum atomic E-state index is -0.130. The van der Waals surface area contributed by atoms with E-state index in [1.54, 1.807) is 4.90 Å². The number of hydrogen-bond donors (Lipinski definition) is 1. The minimum Gasteiger partial charge on any atom is -0.371 e. The van der Waals surface area contributed by atoms with Crippen molar-refractivity contribution in [3.63, 3.8) is 0 Å². The van der Waals surface area contributed by atoms with Crippen LogP contribution in [0.1, 0.15) is 28.7 Å². The fourth-order valence-corrected chi connectivity index (χ4v) is 3.99. The van der Waals surface area contributed by atoms with Gasteiger partial charge < -0.3 is 10.6 Å². The zero-order chi connectivity index (χ0) is 23.3. The highest BCUT2D eigenvalue weighted by Crippen LogP contribution is 2.22. The van der Waals surface area contributed by atoms with Crippen molar-refractivity contribution in [2.45, 2.75) is 6.42 Å². The summed E-state index contributed by atoms with van der Waals surface area (Å²) >= 11 is 0. The average molecular weight is 447 g/mol. The highest BCUT2D eigenvalue weighted by molar-refractivity contribution is 6.19. The number of carbonyl (C=O) groups is 1. The highest BCUT2D eigenvalue weighted by Gasteiger charge is 2.30. The largest absolute Gasteiger partial charge is 0.371 e. The van der Waals surface area contributed by atoms with E-state index in [1.165, 1.54) is 12.1 Å². The number of carbonyl (C=O) groups excluding carboxylic acids is 1. The Kier molecular flexibility index (Phi) is 6.24. The Bertz CT molecular complexity index is 1290. The molecule has 5 heteroatoms. The van der Waals surface area contributed by atoms with Gasteiger partial charge in [-0.3, -0.25) is 9.69 Å². The maximum absolute atomic E-state index is 13.0. The van der Waals surface area contributed by atoms with Crippen LogP contribution in [-0.4, -0.2) is 42.8 Å². The van der Waals surface area contributed by atoms with Crippen molar-refractivity contribution >= 4 is 23.5 Å². The molecule has 2 aliphatic rings. The molecular formula is C29H26N4O. The van der Waals surface area contributed by atoms with Crippen molar-refractivity contribution in [3.8, 4) is 11.8 Å². The number of anilines is 1. The van der Waals surface area contributed by atoms with Gasteiger partial charge in [0.25, 0.3) is 5.91 Å². The average Bonchev–Trinajstić information content (AvgIpc) is 3.14. The lowest BCUT2D eigenvalue weighted by molar-refractivity contribution is -0.122. The second-order valence-corrected chi connectivity index (χ2v) is 8.34. The maximum Gasteiger partial charge on any atom is 0.278 e. The number of benzene rings is 3. The van der Waals surface area contributed by atoms with Gasteiger partial charge in [0, 0.05) is 48.6 Å². The summed E-state index contributed by atoms with van der Waals surface area (Å²) in [5.74, 6) is 6.96. The number of nitrogens with zero attached hydrogens (tertiary/aromatic N) is 3. The third kappa shape index (κ3) is 4.63. The summed E-state index contributed by atoms with van der Waals surface area (Å²) in [6.07, 6.45) is 3.09. The van der Waals surface area contributed by atoms with E-state index < -0.39 is 0 Å². The van der Waals surface area contributed by atoms with Crippen LogP contribution in [0.25, 0.3) is 6.08 Å². The van der Waals surface area contributed by atoms with Crippen LogP contribution in [0.2, 0.25) is 0 Å². The van der Waals surface area contributed by atoms with E-state index in [1.807, 2.05) is 60.7 Å². The van der Waals surface area contributed by atoms with Gasteiger partial charge in [0.1, 0.15) is 11.5 Å². The van der Waals surface area contributed by atoms with Crippen LogP contribution in [0, 0.1) is 11.8 Å². The Balaban J connectivity index is 1.32.